The van der Waals surface area contributed by atoms with Crippen molar-refractivity contribution in [3.05, 3.63) is 65.2 Å². The normalized spacial score (nSPS) is 22.5. The molecule has 1 amide bonds. The summed E-state index contributed by atoms with van der Waals surface area (Å²) in [4.78, 5) is 14.9. The van der Waals surface area contributed by atoms with Gasteiger partial charge in [0.05, 0.1) is 0 Å². The van der Waals surface area contributed by atoms with Gasteiger partial charge < -0.3 is 15.3 Å². The van der Waals surface area contributed by atoms with Crippen LogP contribution in [0.5, 0.6) is 5.75 Å². The lowest BCUT2D eigenvalue weighted by Gasteiger charge is -2.25. The van der Waals surface area contributed by atoms with Gasteiger partial charge in [-0.25, -0.2) is 0 Å². The largest absolute Gasteiger partial charge is 0.508 e. The van der Waals surface area contributed by atoms with Crippen molar-refractivity contribution in [2.75, 3.05) is 20.6 Å². The van der Waals surface area contributed by atoms with Crippen LogP contribution in [-0.2, 0) is 16.6 Å². The first kappa shape index (κ1) is 19.4. The number of phenolic OH excluding ortho intramolecular Hbond substituents is 1. The number of carbonyl (C=O) groups excluding carboxylic acids is 1. The zero-order valence-electron chi connectivity index (χ0n) is 16.7. The molecule has 4 heteroatoms. The van der Waals surface area contributed by atoms with Gasteiger partial charge in [-0.1, -0.05) is 43.3 Å². The molecule has 0 aliphatic heterocycles. The summed E-state index contributed by atoms with van der Waals surface area (Å²) >= 11 is 0. The fourth-order valence-electron chi connectivity index (χ4n) is 3.83. The number of nitrogens with one attached hydrogen (secondary N) is 1. The fraction of sp³-hybridized carbons (Fsp3) is 0.435. The summed E-state index contributed by atoms with van der Waals surface area (Å²) in [5.74, 6) is 0.494. The first-order valence-corrected chi connectivity index (χ1v) is 9.59. The van der Waals surface area contributed by atoms with E-state index in [4.69, 9.17) is 0 Å². The molecule has 1 aliphatic carbocycles. The van der Waals surface area contributed by atoms with Crippen LogP contribution in [0.3, 0.4) is 0 Å². The Balaban J connectivity index is 1.59. The molecule has 2 aromatic carbocycles. The summed E-state index contributed by atoms with van der Waals surface area (Å²) in [6.45, 7) is 4.80. The number of amides is 1. The van der Waals surface area contributed by atoms with Gasteiger partial charge in [0, 0.05) is 23.9 Å². The number of carbonyl (C=O) groups is 1. The quantitative estimate of drug-likeness (QED) is 0.791. The molecule has 27 heavy (non-hydrogen) atoms. The minimum atomic E-state index is -0.0352. The molecule has 2 aromatic rings. The van der Waals surface area contributed by atoms with Gasteiger partial charge in [0.15, 0.2) is 0 Å². The Morgan fingerprint density at radius 2 is 1.96 bits per heavy atom. The number of hydrogen-bond donors (Lipinski definition) is 2. The molecule has 3 atom stereocenters. The van der Waals surface area contributed by atoms with Crippen LogP contribution in [0.25, 0.3) is 0 Å². The third kappa shape index (κ3) is 4.33. The van der Waals surface area contributed by atoms with Gasteiger partial charge in [-0.3, -0.25) is 4.79 Å². The molecule has 144 valence electrons. The average Bonchev–Trinajstić information content (AvgIpc) is 3.34. The van der Waals surface area contributed by atoms with Crippen LogP contribution in [0.15, 0.2) is 48.5 Å². The van der Waals surface area contributed by atoms with E-state index < -0.39 is 0 Å². The van der Waals surface area contributed by atoms with E-state index in [0.717, 1.165) is 18.4 Å². The zero-order valence-corrected chi connectivity index (χ0v) is 16.7. The maximum atomic E-state index is 12.7. The van der Waals surface area contributed by atoms with Crippen LogP contribution < -0.4 is 5.32 Å². The van der Waals surface area contributed by atoms with Gasteiger partial charge in [-0.2, -0.15) is 0 Å². The lowest BCUT2D eigenvalue weighted by atomic mass is 9.95. The number of nitrogens with zero attached hydrogens (tertiary/aromatic N) is 1. The molecular formula is C23H30N2O2. The standard InChI is InChI=1S/C23H30N2O2/c1-16-12-20(26)11-10-17(16)13-19(25(3)4)15-24-22(27)21-14-23(21,2)18-8-6-5-7-9-18/h5-12,19,21,26H,13-15H2,1-4H3,(H,24,27)/t19-,21-,23-/m0/s1. The first-order chi connectivity index (χ1) is 12.8. The molecule has 4 nitrogen and oxygen atoms in total. The van der Waals surface area contributed by atoms with E-state index in [9.17, 15) is 9.90 Å². The fourth-order valence-corrected chi connectivity index (χ4v) is 3.83. The van der Waals surface area contributed by atoms with Crippen molar-refractivity contribution in [3.63, 3.8) is 0 Å². The molecule has 0 heterocycles. The van der Waals surface area contributed by atoms with E-state index in [1.54, 1.807) is 12.1 Å². The second kappa shape index (κ2) is 7.73. The van der Waals surface area contributed by atoms with Gasteiger partial charge in [-0.05, 0) is 62.7 Å². The highest BCUT2D eigenvalue weighted by Gasteiger charge is 2.55. The maximum Gasteiger partial charge on any atom is 0.224 e. The van der Waals surface area contributed by atoms with Gasteiger partial charge in [0.1, 0.15) is 5.75 Å². The van der Waals surface area contributed by atoms with Crippen molar-refractivity contribution < 1.29 is 9.90 Å². The van der Waals surface area contributed by atoms with E-state index in [0.29, 0.717) is 12.3 Å². The zero-order chi connectivity index (χ0) is 19.6. The number of aryl methyl sites for hydroxylation is 1. The molecule has 3 rings (SSSR count). The molecule has 1 fully saturated rings. The van der Waals surface area contributed by atoms with Crippen molar-refractivity contribution in [2.45, 2.75) is 38.1 Å². The van der Waals surface area contributed by atoms with Crippen LogP contribution in [0.4, 0.5) is 0 Å². The minimum Gasteiger partial charge on any atom is -0.508 e. The smallest absolute Gasteiger partial charge is 0.224 e. The van der Waals surface area contributed by atoms with Crippen molar-refractivity contribution in [3.8, 4) is 5.75 Å². The number of aromatic hydroxyl groups is 1. The summed E-state index contributed by atoms with van der Waals surface area (Å²) < 4.78 is 0. The number of rotatable bonds is 7. The van der Waals surface area contributed by atoms with Crippen LogP contribution in [0, 0.1) is 12.8 Å². The molecule has 0 bridgehead atoms. The molecule has 0 spiro atoms. The Hall–Kier alpha value is -2.33. The summed E-state index contributed by atoms with van der Waals surface area (Å²) in [7, 11) is 4.08. The van der Waals surface area contributed by atoms with Crippen molar-refractivity contribution >= 4 is 5.91 Å². The van der Waals surface area contributed by atoms with E-state index in [-0.39, 0.29) is 23.3 Å². The lowest BCUT2D eigenvalue weighted by molar-refractivity contribution is -0.122. The van der Waals surface area contributed by atoms with Crippen molar-refractivity contribution in [1.29, 1.82) is 0 Å². The van der Waals surface area contributed by atoms with Crippen LogP contribution in [0.1, 0.15) is 30.0 Å². The molecule has 0 radical (unpaired) electrons. The highest BCUT2D eigenvalue weighted by molar-refractivity contribution is 5.84. The molecule has 1 saturated carbocycles. The topological polar surface area (TPSA) is 52.6 Å². The van der Waals surface area contributed by atoms with Gasteiger partial charge in [-0.15, -0.1) is 0 Å². The molecular weight excluding hydrogens is 336 g/mol. The van der Waals surface area contributed by atoms with Gasteiger partial charge >= 0.3 is 0 Å². The van der Waals surface area contributed by atoms with Crippen LogP contribution >= 0.6 is 0 Å². The number of phenols is 1. The molecule has 0 saturated heterocycles. The highest BCUT2D eigenvalue weighted by atomic mass is 16.3. The predicted octanol–water partition coefficient (Wildman–Crippen LogP) is 3.27. The van der Waals surface area contributed by atoms with E-state index in [2.05, 4.69) is 29.3 Å². The van der Waals surface area contributed by atoms with E-state index in [1.165, 1.54) is 11.1 Å². The summed E-state index contributed by atoms with van der Waals surface area (Å²) in [5, 5.41) is 12.8. The monoisotopic (exact) mass is 366 g/mol. The molecule has 0 unspecified atom stereocenters. The predicted molar refractivity (Wildman–Crippen MR) is 109 cm³/mol. The van der Waals surface area contributed by atoms with E-state index in [1.807, 2.05) is 45.3 Å². The Kier molecular flexibility index (Phi) is 5.56. The Morgan fingerprint density at radius 3 is 2.59 bits per heavy atom. The Bertz CT molecular complexity index is 803. The van der Waals surface area contributed by atoms with Crippen molar-refractivity contribution in [1.82, 2.24) is 10.2 Å². The summed E-state index contributed by atoms with van der Waals surface area (Å²) in [5.41, 5.74) is 3.48. The Morgan fingerprint density at radius 1 is 1.26 bits per heavy atom. The van der Waals surface area contributed by atoms with Crippen LogP contribution in [-0.4, -0.2) is 42.6 Å². The van der Waals surface area contributed by atoms with E-state index >= 15 is 0 Å². The third-order valence-electron chi connectivity index (χ3n) is 6.01. The summed E-state index contributed by atoms with van der Waals surface area (Å²) in [6.07, 6.45) is 1.74. The van der Waals surface area contributed by atoms with Crippen LogP contribution in [0.2, 0.25) is 0 Å². The van der Waals surface area contributed by atoms with Crippen molar-refractivity contribution in [2.24, 2.45) is 5.92 Å². The molecule has 0 aromatic heterocycles. The second-order valence-electron chi connectivity index (χ2n) is 8.22. The van der Waals surface area contributed by atoms with Gasteiger partial charge in [0.25, 0.3) is 0 Å². The SMILES string of the molecule is Cc1cc(O)ccc1C[C@@H](CNC(=O)[C@@H]1C[C@@]1(C)c1ccccc1)N(C)C. The highest BCUT2D eigenvalue weighted by Crippen LogP contribution is 2.53. The minimum absolute atomic E-state index is 0.0352. The Labute approximate surface area is 162 Å². The number of benzene rings is 2. The molecule has 1 aliphatic rings. The third-order valence-corrected chi connectivity index (χ3v) is 6.01. The maximum absolute atomic E-state index is 12.7. The second-order valence-corrected chi connectivity index (χ2v) is 8.22. The summed E-state index contributed by atoms with van der Waals surface area (Å²) in [6, 6.07) is 16.0. The number of likely N-dealkylation sites (N-methyl/N-ethyl adjacent to an activating group) is 1. The molecule has 2 N–H and O–H groups in total. The number of hydrogen-bond acceptors (Lipinski definition) is 3. The first-order valence-electron chi connectivity index (χ1n) is 9.59. The lowest BCUT2D eigenvalue weighted by Crippen LogP contribution is -2.42. The average molecular weight is 367 g/mol. The van der Waals surface area contributed by atoms with Gasteiger partial charge in [0.2, 0.25) is 5.91 Å².